The Labute approximate surface area is 137 Å². The maximum absolute atomic E-state index is 14.1. The number of rotatable bonds is 9. The van der Waals surface area contributed by atoms with Crippen LogP contribution in [0, 0.1) is 5.82 Å². The molecule has 0 aromatic heterocycles. The number of ether oxygens (including phenoxy) is 1. The number of hydrogen-bond donors (Lipinski definition) is 0. The maximum Gasteiger partial charge on any atom is 0.165 e. The molecular weight excluding hydrogens is 291 g/mol. The van der Waals surface area contributed by atoms with Crippen molar-refractivity contribution in [2.75, 3.05) is 0 Å². The highest BCUT2D eigenvalue weighted by Gasteiger charge is 2.12. The summed E-state index contributed by atoms with van der Waals surface area (Å²) < 4.78 is 19.7. The molecule has 23 heavy (non-hydrogen) atoms. The van der Waals surface area contributed by atoms with Crippen molar-refractivity contribution in [3.63, 3.8) is 0 Å². The van der Waals surface area contributed by atoms with Gasteiger partial charge < -0.3 is 4.74 Å². The van der Waals surface area contributed by atoms with E-state index in [0.717, 1.165) is 31.2 Å². The Hall–Kier alpha value is -2.16. The summed E-state index contributed by atoms with van der Waals surface area (Å²) >= 11 is 0. The molecule has 0 bridgehead atoms. The molecule has 0 amide bonds. The average Bonchev–Trinajstić information content (AvgIpc) is 2.58. The topological polar surface area (TPSA) is 26.3 Å². The molecule has 0 spiro atoms. The Balaban J connectivity index is 1.90. The minimum absolute atomic E-state index is 0.131. The highest BCUT2D eigenvalue weighted by molar-refractivity contribution is 5.96. The molecule has 0 aliphatic heterocycles. The van der Waals surface area contributed by atoms with Crippen molar-refractivity contribution in [2.45, 2.75) is 45.6 Å². The first-order valence-electron chi connectivity index (χ1n) is 8.20. The molecule has 0 saturated carbocycles. The van der Waals surface area contributed by atoms with E-state index in [1.165, 1.54) is 12.1 Å². The van der Waals surface area contributed by atoms with Crippen LogP contribution in [0.4, 0.5) is 4.39 Å². The van der Waals surface area contributed by atoms with Gasteiger partial charge in [-0.15, -0.1) is 0 Å². The minimum Gasteiger partial charge on any atom is -0.489 e. The first-order chi connectivity index (χ1) is 11.2. The Morgan fingerprint density at radius 3 is 2.52 bits per heavy atom. The van der Waals surface area contributed by atoms with Gasteiger partial charge in [-0.2, -0.15) is 0 Å². The van der Waals surface area contributed by atoms with E-state index < -0.39 is 5.82 Å². The van der Waals surface area contributed by atoms with Crippen LogP contribution in [0.5, 0.6) is 5.75 Å². The molecule has 0 radical (unpaired) electrons. The molecule has 2 aromatic rings. The molecule has 2 rings (SSSR count). The molecule has 0 N–H and O–H groups in total. The summed E-state index contributed by atoms with van der Waals surface area (Å²) in [6.45, 7) is 2.50. The van der Waals surface area contributed by atoms with Gasteiger partial charge in [0.1, 0.15) is 18.2 Å². The summed E-state index contributed by atoms with van der Waals surface area (Å²) in [6.07, 6.45) is 4.47. The Kier molecular flexibility index (Phi) is 6.79. The SMILES string of the molecule is CCCCCCC(=O)c1ccc(OCc2ccccc2)cc1F. The highest BCUT2D eigenvalue weighted by Crippen LogP contribution is 2.20. The van der Waals surface area contributed by atoms with E-state index in [0.29, 0.717) is 18.8 Å². The molecule has 0 unspecified atom stereocenters. The van der Waals surface area contributed by atoms with Gasteiger partial charge in [-0.05, 0) is 24.1 Å². The van der Waals surface area contributed by atoms with Crippen molar-refractivity contribution in [3.05, 3.63) is 65.5 Å². The van der Waals surface area contributed by atoms with Gasteiger partial charge in [-0.1, -0.05) is 56.5 Å². The first kappa shape index (κ1) is 17.2. The van der Waals surface area contributed by atoms with Crippen molar-refractivity contribution in [2.24, 2.45) is 0 Å². The third kappa shape index (κ3) is 5.51. The monoisotopic (exact) mass is 314 g/mol. The van der Waals surface area contributed by atoms with Crippen LogP contribution < -0.4 is 4.74 Å². The van der Waals surface area contributed by atoms with Gasteiger partial charge in [0.2, 0.25) is 0 Å². The van der Waals surface area contributed by atoms with Gasteiger partial charge in [0.15, 0.2) is 5.78 Å². The fourth-order valence-electron chi connectivity index (χ4n) is 2.40. The van der Waals surface area contributed by atoms with Crippen LogP contribution in [0.1, 0.15) is 54.9 Å². The smallest absolute Gasteiger partial charge is 0.165 e. The Morgan fingerprint density at radius 2 is 1.83 bits per heavy atom. The molecule has 122 valence electrons. The van der Waals surface area contributed by atoms with E-state index in [4.69, 9.17) is 4.74 Å². The first-order valence-corrected chi connectivity index (χ1v) is 8.20. The van der Waals surface area contributed by atoms with E-state index >= 15 is 0 Å². The van der Waals surface area contributed by atoms with E-state index in [1.807, 2.05) is 30.3 Å². The predicted molar refractivity (Wildman–Crippen MR) is 90.3 cm³/mol. The lowest BCUT2D eigenvalue weighted by Gasteiger charge is -2.08. The maximum atomic E-state index is 14.1. The second-order valence-corrected chi connectivity index (χ2v) is 5.65. The molecule has 0 aliphatic carbocycles. The summed E-state index contributed by atoms with van der Waals surface area (Å²) in [6, 6.07) is 14.2. The van der Waals surface area contributed by atoms with Crippen LogP contribution in [0.15, 0.2) is 48.5 Å². The van der Waals surface area contributed by atoms with Crippen LogP contribution >= 0.6 is 0 Å². The van der Waals surface area contributed by atoms with Gasteiger partial charge in [0.25, 0.3) is 0 Å². The standard InChI is InChI=1S/C20H23FO2/c1-2-3-4-8-11-20(22)18-13-12-17(14-19(18)21)23-15-16-9-6-5-7-10-16/h5-7,9-10,12-14H,2-4,8,11,15H2,1H3. The fraction of sp³-hybridized carbons (Fsp3) is 0.350. The fourth-order valence-corrected chi connectivity index (χ4v) is 2.40. The zero-order chi connectivity index (χ0) is 16.5. The molecule has 2 aromatic carbocycles. The molecule has 0 saturated heterocycles. The van der Waals surface area contributed by atoms with Crippen LogP contribution in [0.25, 0.3) is 0 Å². The normalized spacial score (nSPS) is 10.5. The number of benzene rings is 2. The second kappa shape index (κ2) is 9.09. The van der Waals surface area contributed by atoms with Crippen molar-refractivity contribution < 1.29 is 13.9 Å². The van der Waals surface area contributed by atoms with E-state index in [2.05, 4.69) is 6.92 Å². The number of hydrogen-bond acceptors (Lipinski definition) is 2. The van der Waals surface area contributed by atoms with Gasteiger partial charge in [-0.3, -0.25) is 4.79 Å². The van der Waals surface area contributed by atoms with E-state index in [-0.39, 0.29) is 11.3 Å². The largest absolute Gasteiger partial charge is 0.489 e. The highest BCUT2D eigenvalue weighted by atomic mass is 19.1. The molecule has 0 heterocycles. The zero-order valence-corrected chi connectivity index (χ0v) is 13.6. The summed E-state index contributed by atoms with van der Waals surface area (Å²) in [7, 11) is 0. The van der Waals surface area contributed by atoms with Gasteiger partial charge >= 0.3 is 0 Å². The number of carbonyl (C=O) groups is 1. The lowest BCUT2D eigenvalue weighted by atomic mass is 10.0. The summed E-state index contributed by atoms with van der Waals surface area (Å²) in [4.78, 5) is 12.0. The van der Waals surface area contributed by atoms with E-state index in [1.54, 1.807) is 6.07 Å². The van der Waals surface area contributed by atoms with Crippen molar-refractivity contribution >= 4 is 5.78 Å². The van der Waals surface area contributed by atoms with Crippen LogP contribution in [0.2, 0.25) is 0 Å². The van der Waals surface area contributed by atoms with Crippen LogP contribution in [-0.4, -0.2) is 5.78 Å². The summed E-state index contributed by atoms with van der Waals surface area (Å²) in [5, 5.41) is 0. The van der Waals surface area contributed by atoms with Crippen molar-refractivity contribution in [1.29, 1.82) is 0 Å². The second-order valence-electron chi connectivity index (χ2n) is 5.65. The number of halogens is 1. The lowest BCUT2D eigenvalue weighted by molar-refractivity contribution is 0.0975. The van der Waals surface area contributed by atoms with Gasteiger partial charge in [0.05, 0.1) is 5.56 Å². The Bertz CT molecular complexity index is 623. The van der Waals surface area contributed by atoms with Gasteiger partial charge in [-0.25, -0.2) is 4.39 Å². The lowest BCUT2D eigenvalue weighted by Crippen LogP contribution is -2.03. The van der Waals surface area contributed by atoms with Crippen molar-refractivity contribution in [1.82, 2.24) is 0 Å². The van der Waals surface area contributed by atoms with Crippen molar-refractivity contribution in [3.8, 4) is 5.75 Å². The number of unbranched alkanes of at least 4 members (excludes halogenated alkanes) is 3. The average molecular weight is 314 g/mol. The third-order valence-corrected chi connectivity index (χ3v) is 3.75. The molecule has 3 heteroatoms. The third-order valence-electron chi connectivity index (χ3n) is 3.75. The molecule has 2 nitrogen and oxygen atoms in total. The van der Waals surface area contributed by atoms with Crippen LogP contribution in [0.3, 0.4) is 0 Å². The summed E-state index contributed by atoms with van der Waals surface area (Å²) in [5.74, 6) is -0.196. The molecule has 0 atom stereocenters. The van der Waals surface area contributed by atoms with Crippen LogP contribution in [-0.2, 0) is 6.61 Å². The number of Topliss-reactive ketones (excluding diaryl/α,β-unsaturated/α-hetero) is 1. The quantitative estimate of drug-likeness (QED) is 0.447. The zero-order valence-electron chi connectivity index (χ0n) is 13.6. The molecule has 0 aliphatic rings. The Morgan fingerprint density at radius 1 is 1.04 bits per heavy atom. The summed E-state index contributed by atoms with van der Waals surface area (Å²) in [5.41, 5.74) is 1.18. The number of carbonyl (C=O) groups excluding carboxylic acids is 1. The minimum atomic E-state index is -0.504. The number of ketones is 1. The van der Waals surface area contributed by atoms with Gasteiger partial charge in [0, 0.05) is 12.5 Å². The molecular formula is C20H23FO2. The molecule has 0 fully saturated rings. The predicted octanol–water partition coefficient (Wildman–Crippen LogP) is 5.56. The van der Waals surface area contributed by atoms with E-state index in [9.17, 15) is 9.18 Å².